The van der Waals surface area contributed by atoms with Crippen molar-refractivity contribution < 1.29 is 23.6 Å². The quantitative estimate of drug-likeness (QED) is 0.0997. The molecule has 13 heteroatoms. The van der Waals surface area contributed by atoms with Gasteiger partial charge in [-0.25, -0.2) is 18.9 Å². The number of anilines is 2. The number of rotatable bonds is 10. The number of ketones is 2. The average Bonchev–Trinajstić information content (AvgIpc) is 3.94. The van der Waals surface area contributed by atoms with Crippen molar-refractivity contribution in [2.24, 2.45) is 0 Å². The molecule has 12 nitrogen and oxygen atoms in total. The van der Waals surface area contributed by atoms with Gasteiger partial charge in [0.15, 0.2) is 11.4 Å². The Morgan fingerprint density at radius 1 is 0.768 bits per heavy atom. The maximum Gasteiger partial charge on any atom is 0.262 e. The second-order valence-electron chi connectivity index (χ2n) is 15.3. The summed E-state index contributed by atoms with van der Waals surface area (Å²) in [5, 5.41) is 5.02. The number of hydrogen-bond donors (Lipinski definition) is 0. The number of nitrogens with zero attached hydrogens (tertiary/aromatic N) is 8. The van der Waals surface area contributed by atoms with Crippen LogP contribution >= 0.6 is 0 Å². The predicted molar refractivity (Wildman–Crippen MR) is 208 cm³/mol. The van der Waals surface area contributed by atoms with Crippen LogP contribution in [0, 0.1) is 5.82 Å². The van der Waals surface area contributed by atoms with Crippen LogP contribution in [0.3, 0.4) is 0 Å². The van der Waals surface area contributed by atoms with Crippen molar-refractivity contribution in [1.82, 2.24) is 29.4 Å². The summed E-state index contributed by atoms with van der Waals surface area (Å²) in [5.41, 5.74) is 5.00. The molecule has 2 amide bonds. The Hall–Kier alpha value is -5.82. The molecule has 2 atom stereocenters. The normalized spacial score (nSPS) is 20.5. The Labute approximate surface area is 323 Å². The third-order valence-electron chi connectivity index (χ3n) is 11.7. The van der Waals surface area contributed by atoms with Crippen LogP contribution in [0.4, 0.5) is 16.0 Å². The number of hydrogen-bond acceptors (Lipinski definition) is 10. The first-order valence-electron chi connectivity index (χ1n) is 19.7. The molecular weight excluding hydrogens is 712 g/mol. The van der Waals surface area contributed by atoms with Crippen LogP contribution in [0.2, 0.25) is 0 Å². The second-order valence-corrected chi connectivity index (χ2v) is 15.3. The van der Waals surface area contributed by atoms with Gasteiger partial charge < -0.3 is 9.80 Å². The Morgan fingerprint density at radius 2 is 1.61 bits per heavy atom. The summed E-state index contributed by atoms with van der Waals surface area (Å²) in [4.78, 5) is 68.3. The molecule has 0 bridgehead atoms. The molecule has 0 spiro atoms. The fourth-order valence-electron chi connectivity index (χ4n) is 8.78. The molecule has 0 radical (unpaired) electrons. The van der Waals surface area contributed by atoms with Crippen LogP contribution < -0.4 is 9.80 Å². The number of aryl methyl sites for hydroxylation is 1. The lowest BCUT2D eigenvalue weighted by atomic mass is 9.92. The van der Waals surface area contributed by atoms with Crippen molar-refractivity contribution in [3.05, 3.63) is 107 Å². The molecule has 286 valence electrons. The first-order chi connectivity index (χ1) is 27.3. The summed E-state index contributed by atoms with van der Waals surface area (Å²) in [5.74, 6) is 0.154. The lowest BCUT2D eigenvalue weighted by Crippen LogP contribution is -2.47. The standard InChI is InChI=1S/C43H43FN8O4/c44-30-8-3-7-29(25-30)35-10-5-19-50(35)41-17-16-39-45-27-37(52(39)47-41)34-9-4-11-40(46-34)49-22-20-48(21-23-49)18-2-1-6-28-12-14-32-33(24-28)43(56)51(42(32)55)36-15-13-31(53)26-38(36)54/h3-4,7-9,11-12,14,16-17,24-25,27,35-36H,1-2,5-6,10,13,15,18-23,26H2/t35-,36?/m1/s1. The minimum atomic E-state index is -0.851. The summed E-state index contributed by atoms with van der Waals surface area (Å²) >= 11 is 0. The number of fused-ring (bicyclic) bond motifs is 2. The van der Waals surface area contributed by atoms with Crippen LogP contribution in [0.25, 0.3) is 17.0 Å². The van der Waals surface area contributed by atoms with Gasteiger partial charge in [0.25, 0.3) is 11.8 Å². The van der Waals surface area contributed by atoms with Gasteiger partial charge in [-0.3, -0.25) is 29.0 Å². The van der Waals surface area contributed by atoms with Gasteiger partial charge in [0.1, 0.15) is 28.9 Å². The maximum atomic E-state index is 14.1. The van der Waals surface area contributed by atoms with E-state index >= 15 is 0 Å². The lowest BCUT2D eigenvalue weighted by Gasteiger charge is -2.35. The number of halogens is 1. The Bertz CT molecular complexity index is 2350. The number of piperazine rings is 1. The zero-order valence-electron chi connectivity index (χ0n) is 31.1. The third-order valence-corrected chi connectivity index (χ3v) is 11.7. The van der Waals surface area contributed by atoms with Gasteiger partial charge in [0.05, 0.1) is 41.5 Å². The van der Waals surface area contributed by atoms with Gasteiger partial charge in [-0.1, -0.05) is 24.3 Å². The Balaban J connectivity index is 0.789. The Morgan fingerprint density at radius 3 is 2.45 bits per heavy atom. The predicted octanol–water partition coefficient (Wildman–Crippen LogP) is 5.70. The second kappa shape index (κ2) is 15.0. The van der Waals surface area contributed by atoms with Crippen LogP contribution in [-0.2, 0) is 16.0 Å². The van der Waals surface area contributed by atoms with E-state index in [0.29, 0.717) is 11.1 Å². The molecule has 5 aromatic rings. The van der Waals surface area contributed by atoms with E-state index in [1.165, 1.54) is 6.07 Å². The molecule has 1 saturated carbocycles. The molecule has 6 heterocycles. The number of amides is 2. The van der Waals surface area contributed by atoms with Gasteiger partial charge in [-0.05, 0) is 105 Å². The number of imidazole rings is 1. The number of aromatic nitrogens is 4. The minimum Gasteiger partial charge on any atom is -0.354 e. The van der Waals surface area contributed by atoms with E-state index in [4.69, 9.17) is 10.1 Å². The van der Waals surface area contributed by atoms with Crippen molar-refractivity contribution in [2.45, 2.75) is 63.5 Å². The minimum absolute atomic E-state index is 0.0656. The van der Waals surface area contributed by atoms with E-state index in [1.54, 1.807) is 24.3 Å². The van der Waals surface area contributed by atoms with E-state index in [9.17, 15) is 23.6 Å². The molecule has 3 fully saturated rings. The molecule has 1 aliphatic carbocycles. The molecule has 4 aliphatic rings. The van der Waals surface area contributed by atoms with Crippen molar-refractivity contribution in [2.75, 3.05) is 49.1 Å². The van der Waals surface area contributed by atoms with Gasteiger partial charge in [0, 0.05) is 39.1 Å². The highest BCUT2D eigenvalue weighted by Gasteiger charge is 2.44. The molecule has 3 aromatic heterocycles. The summed E-state index contributed by atoms with van der Waals surface area (Å²) < 4.78 is 15.9. The largest absolute Gasteiger partial charge is 0.354 e. The molecule has 3 aliphatic heterocycles. The van der Waals surface area contributed by atoms with E-state index in [2.05, 4.69) is 25.8 Å². The fourth-order valence-corrected chi connectivity index (χ4v) is 8.78. The number of Topliss-reactive ketones (excluding diaryl/α,β-unsaturated/α-hetero) is 2. The zero-order valence-corrected chi connectivity index (χ0v) is 31.1. The number of carbonyl (C=O) groups excluding carboxylic acids is 4. The number of unbranched alkanes of at least 4 members (excludes halogenated alkanes) is 1. The molecule has 1 unspecified atom stereocenters. The lowest BCUT2D eigenvalue weighted by molar-refractivity contribution is -0.132. The number of pyridine rings is 1. The highest BCUT2D eigenvalue weighted by Crippen LogP contribution is 2.36. The monoisotopic (exact) mass is 754 g/mol. The number of carbonyl (C=O) groups is 4. The average molecular weight is 755 g/mol. The van der Waals surface area contributed by atoms with Crippen molar-refractivity contribution >= 4 is 40.7 Å². The van der Waals surface area contributed by atoms with Crippen LogP contribution in [0.1, 0.15) is 82.8 Å². The first kappa shape index (κ1) is 35.9. The highest BCUT2D eigenvalue weighted by atomic mass is 19.1. The first-order valence-corrected chi connectivity index (χ1v) is 19.7. The van der Waals surface area contributed by atoms with Crippen LogP contribution in [0.15, 0.2) is 79.0 Å². The van der Waals surface area contributed by atoms with Crippen molar-refractivity contribution in [3.8, 4) is 11.4 Å². The summed E-state index contributed by atoms with van der Waals surface area (Å²) in [6.07, 6.45) is 6.69. The van der Waals surface area contributed by atoms with Gasteiger partial charge in [-0.2, -0.15) is 0 Å². The molecular formula is C43H43FN8O4. The van der Waals surface area contributed by atoms with E-state index in [0.717, 1.165) is 116 Å². The van der Waals surface area contributed by atoms with Crippen molar-refractivity contribution in [3.63, 3.8) is 0 Å². The molecule has 56 heavy (non-hydrogen) atoms. The number of imide groups is 1. The van der Waals surface area contributed by atoms with Gasteiger partial charge in [0.2, 0.25) is 0 Å². The Kier molecular flexibility index (Phi) is 9.62. The smallest absolute Gasteiger partial charge is 0.262 e. The molecule has 2 aromatic carbocycles. The molecule has 2 saturated heterocycles. The SMILES string of the molecule is O=C1CCC(N2C(=O)c3ccc(CCCCN4CCN(c5cccc(-c6cnc7ccc(N8CCC[C@@H]8c8cccc(F)c8)nn67)n5)CC4)cc3C2=O)C(=O)C1. The van der Waals surface area contributed by atoms with Gasteiger partial charge in [-0.15, -0.1) is 5.10 Å². The van der Waals surface area contributed by atoms with Gasteiger partial charge >= 0.3 is 0 Å². The summed E-state index contributed by atoms with van der Waals surface area (Å²) in [6.45, 7) is 5.37. The highest BCUT2D eigenvalue weighted by molar-refractivity contribution is 6.23. The van der Waals surface area contributed by atoms with E-state index in [-0.39, 0.29) is 42.7 Å². The van der Waals surface area contributed by atoms with Crippen LogP contribution in [-0.4, -0.2) is 98.1 Å². The van der Waals surface area contributed by atoms with E-state index < -0.39 is 17.9 Å². The maximum absolute atomic E-state index is 14.1. The third kappa shape index (κ3) is 6.84. The molecule has 0 N–H and O–H groups in total. The number of benzene rings is 2. The topological polar surface area (TPSA) is 124 Å². The van der Waals surface area contributed by atoms with E-state index in [1.807, 2.05) is 47.1 Å². The zero-order chi connectivity index (χ0) is 38.3. The van der Waals surface area contributed by atoms with Crippen LogP contribution in [0.5, 0.6) is 0 Å². The summed E-state index contributed by atoms with van der Waals surface area (Å²) in [6, 6.07) is 21.5. The summed E-state index contributed by atoms with van der Waals surface area (Å²) in [7, 11) is 0. The van der Waals surface area contributed by atoms with Crippen molar-refractivity contribution in [1.29, 1.82) is 0 Å². The molecule has 9 rings (SSSR count). The fraction of sp³-hybridized carbons (Fsp3) is 0.372.